The molecule has 3 nitrogen and oxygen atoms in total. The van der Waals surface area contributed by atoms with E-state index < -0.39 is 0 Å². The Hall–Kier alpha value is -1.26. The third-order valence-electron chi connectivity index (χ3n) is 2.66. The summed E-state index contributed by atoms with van der Waals surface area (Å²) in [6.45, 7) is 2.46. The summed E-state index contributed by atoms with van der Waals surface area (Å²) >= 11 is 1.59. The summed E-state index contributed by atoms with van der Waals surface area (Å²) in [6, 6.07) is 10.3. The van der Waals surface area contributed by atoms with Gasteiger partial charge < -0.3 is 5.01 Å². The Morgan fingerprint density at radius 3 is 2.71 bits per heavy atom. The van der Waals surface area contributed by atoms with E-state index in [2.05, 4.69) is 22.2 Å². The molecule has 0 unspecified atom stereocenters. The highest BCUT2D eigenvalue weighted by molar-refractivity contribution is 8.04. The van der Waals surface area contributed by atoms with Crippen molar-refractivity contribution in [3.63, 3.8) is 0 Å². The van der Waals surface area contributed by atoms with Crippen LogP contribution < -0.4 is 0 Å². The van der Waals surface area contributed by atoms with Crippen molar-refractivity contribution in [2.24, 2.45) is 0 Å². The lowest BCUT2D eigenvalue weighted by molar-refractivity contribution is -0.113. The Morgan fingerprint density at radius 1 is 1.41 bits per heavy atom. The van der Waals surface area contributed by atoms with Gasteiger partial charge in [0.2, 0.25) is 0 Å². The largest absolute Gasteiger partial charge is 0.301 e. The highest BCUT2D eigenvalue weighted by Crippen LogP contribution is 2.27. The summed E-state index contributed by atoms with van der Waals surface area (Å²) in [6.07, 6.45) is 1.93. The van der Waals surface area contributed by atoms with Crippen LogP contribution in [0.5, 0.6) is 0 Å². The molecule has 0 saturated carbocycles. The molecule has 0 radical (unpaired) electrons. The van der Waals surface area contributed by atoms with Crippen LogP contribution >= 0.6 is 11.8 Å². The average molecular weight is 248 g/mol. The molecule has 0 saturated heterocycles. The van der Waals surface area contributed by atoms with Crippen LogP contribution in [0.3, 0.4) is 0 Å². The van der Waals surface area contributed by atoms with E-state index in [1.54, 1.807) is 18.7 Å². The number of carbonyl (C=O) groups excluding carboxylic acids is 1. The minimum absolute atomic E-state index is 0.144. The molecule has 0 fully saturated rings. The van der Waals surface area contributed by atoms with Gasteiger partial charge in [-0.2, -0.15) is 0 Å². The normalized spacial score (nSPS) is 15.2. The molecule has 2 rings (SSSR count). The van der Waals surface area contributed by atoms with Crippen molar-refractivity contribution < 1.29 is 4.79 Å². The molecule has 0 aliphatic carbocycles. The number of hydrazine groups is 1. The van der Waals surface area contributed by atoms with Crippen molar-refractivity contribution >= 4 is 17.5 Å². The number of hydrogen-bond acceptors (Lipinski definition) is 4. The predicted molar refractivity (Wildman–Crippen MR) is 71.0 cm³/mol. The first-order valence-corrected chi connectivity index (χ1v) is 6.52. The molecule has 0 bridgehead atoms. The number of benzene rings is 1. The van der Waals surface area contributed by atoms with Crippen LogP contribution in [0.25, 0.3) is 0 Å². The van der Waals surface area contributed by atoms with Crippen LogP contribution in [-0.2, 0) is 11.3 Å². The van der Waals surface area contributed by atoms with Crippen molar-refractivity contribution in [3.05, 3.63) is 47.0 Å². The Balaban J connectivity index is 1.98. The summed E-state index contributed by atoms with van der Waals surface area (Å²) in [5.74, 6) is 0.962. The van der Waals surface area contributed by atoms with Gasteiger partial charge in [0.15, 0.2) is 5.78 Å². The lowest BCUT2D eigenvalue weighted by Crippen LogP contribution is -2.33. The van der Waals surface area contributed by atoms with Crippen molar-refractivity contribution in [2.45, 2.75) is 13.5 Å². The average Bonchev–Trinajstić information content (AvgIpc) is 2.79. The maximum atomic E-state index is 11.2. The summed E-state index contributed by atoms with van der Waals surface area (Å²) < 4.78 is 0. The fourth-order valence-corrected chi connectivity index (χ4v) is 2.62. The van der Waals surface area contributed by atoms with E-state index in [1.807, 2.05) is 31.4 Å². The molecule has 0 aromatic heterocycles. The molecular formula is C13H16N2OS. The lowest BCUT2D eigenvalue weighted by Gasteiger charge is -2.27. The molecule has 1 heterocycles. The number of allylic oxidation sites excluding steroid dienone is 1. The van der Waals surface area contributed by atoms with Crippen LogP contribution in [-0.4, -0.2) is 28.7 Å². The van der Waals surface area contributed by atoms with Crippen molar-refractivity contribution in [1.29, 1.82) is 0 Å². The number of carbonyl (C=O) groups is 1. The van der Waals surface area contributed by atoms with Crippen molar-refractivity contribution in [3.8, 4) is 0 Å². The summed E-state index contributed by atoms with van der Waals surface area (Å²) in [5, 5.41) is 4.20. The quantitative estimate of drug-likeness (QED) is 0.816. The van der Waals surface area contributed by atoms with E-state index in [9.17, 15) is 4.79 Å². The maximum Gasteiger partial charge on any atom is 0.167 e. The monoisotopic (exact) mass is 248 g/mol. The van der Waals surface area contributed by atoms with Gasteiger partial charge in [0.05, 0.1) is 10.8 Å². The second-order valence-electron chi connectivity index (χ2n) is 4.06. The van der Waals surface area contributed by atoms with E-state index in [4.69, 9.17) is 0 Å². The van der Waals surface area contributed by atoms with Gasteiger partial charge in [-0.1, -0.05) is 42.1 Å². The van der Waals surface area contributed by atoms with E-state index in [1.165, 1.54) is 5.56 Å². The minimum atomic E-state index is 0.144. The molecule has 1 aliphatic rings. The van der Waals surface area contributed by atoms with Crippen LogP contribution in [0.1, 0.15) is 12.5 Å². The molecule has 4 heteroatoms. The van der Waals surface area contributed by atoms with Gasteiger partial charge in [-0.25, -0.2) is 5.01 Å². The van der Waals surface area contributed by atoms with Crippen LogP contribution in [0.15, 0.2) is 41.4 Å². The van der Waals surface area contributed by atoms with E-state index in [0.29, 0.717) is 0 Å². The van der Waals surface area contributed by atoms with Gasteiger partial charge >= 0.3 is 0 Å². The van der Waals surface area contributed by atoms with Crippen LogP contribution in [0, 0.1) is 0 Å². The zero-order valence-corrected chi connectivity index (χ0v) is 10.9. The number of thioether (sulfide) groups is 1. The zero-order chi connectivity index (χ0) is 12.3. The SMILES string of the molecule is CC(=O)C1=CN(N(C)Cc2ccccc2)CS1. The lowest BCUT2D eigenvalue weighted by atomic mass is 10.2. The smallest absolute Gasteiger partial charge is 0.167 e. The first kappa shape index (κ1) is 12.2. The third-order valence-corrected chi connectivity index (χ3v) is 3.76. The topological polar surface area (TPSA) is 23.6 Å². The molecular weight excluding hydrogens is 232 g/mol. The number of hydrogen-bond donors (Lipinski definition) is 0. The second kappa shape index (κ2) is 5.38. The summed E-state index contributed by atoms with van der Waals surface area (Å²) in [5.41, 5.74) is 1.27. The molecule has 17 heavy (non-hydrogen) atoms. The zero-order valence-electron chi connectivity index (χ0n) is 10.1. The first-order chi connectivity index (χ1) is 8.16. The fourth-order valence-electron chi connectivity index (χ4n) is 1.67. The Kier molecular flexibility index (Phi) is 3.86. The summed E-state index contributed by atoms with van der Waals surface area (Å²) in [4.78, 5) is 12.1. The summed E-state index contributed by atoms with van der Waals surface area (Å²) in [7, 11) is 2.03. The molecule has 1 aliphatic heterocycles. The number of rotatable bonds is 4. The first-order valence-electron chi connectivity index (χ1n) is 5.54. The van der Waals surface area contributed by atoms with Crippen molar-refractivity contribution in [1.82, 2.24) is 10.0 Å². The highest BCUT2D eigenvalue weighted by Gasteiger charge is 2.19. The minimum Gasteiger partial charge on any atom is -0.301 e. The van der Waals surface area contributed by atoms with Gasteiger partial charge in [0.25, 0.3) is 0 Å². The third kappa shape index (κ3) is 3.11. The maximum absolute atomic E-state index is 11.2. The van der Waals surface area contributed by atoms with Crippen LogP contribution in [0.2, 0.25) is 0 Å². The number of nitrogens with zero attached hydrogens (tertiary/aromatic N) is 2. The highest BCUT2D eigenvalue weighted by atomic mass is 32.2. The predicted octanol–water partition coefficient (Wildman–Crippen LogP) is 2.47. The molecule has 0 spiro atoms. The molecule has 1 aromatic rings. The molecule has 0 atom stereocenters. The molecule has 1 aromatic carbocycles. The van der Waals surface area contributed by atoms with Gasteiger partial charge in [-0.3, -0.25) is 4.79 Å². The molecule has 90 valence electrons. The second-order valence-corrected chi connectivity index (χ2v) is 5.05. The Bertz CT molecular complexity index is 430. The van der Waals surface area contributed by atoms with E-state index in [0.717, 1.165) is 17.3 Å². The van der Waals surface area contributed by atoms with E-state index >= 15 is 0 Å². The Labute approximate surface area is 106 Å². The van der Waals surface area contributed by atoms with Gasteiger partial charge in [-0.05, 0) is 12.5 Å². The standard InChI is InChI=1S/C13H16N2OS/c1-11(16)13-9-15(10-17-13)14(2)8-12-6-4-3-5-7-12/h3-7,9H,8,10H2,1-2H3. The van der Waals surface area contributed by atoms with Crippen LogP contribution in [0.4, 0.5) is 0 Å². The molecule has 0 amide bonds. The molecule has 0 N–H and O–H groups in total. The Morgan fingerprint density at radius 2 is 2.12 bits per heavy atom. The number of Topliss-reactive ketones (excluding diaryl/α,β-unsaturated/α-hetero) is 1. The van der Waals surface area contributed by atoms with Gasteiger partial charge in [0, 0.05) is 19.8 Å². The van der Waals surface area contributed by atoms with Crippen molar-refractivity contribution in [2.75, 3.05) is 12.9 Å². The van der Waals surface area contributed by atoms with E-state index in [-0.39, 0.29) is 5.78 Å². The van der Waals surface area contributed by atoms with Gasteiger partial charge in [0.1, 0.15) is 0 Å². The van der Waals surface area contributed by atoms with Gasteiger partial charge in [-0.15, -0.1) is 0 Å². The fraction of sp³-hybridized carbons (Fsp3) is 0.308. The number of ketones is 1.